The molecule has 1 fully saturated rings. The van der Waals surface area contributed by atoms with Gasteiger partial charge in [-0.25, -0.2) is 17.9 Å². The molecule has 39 heavy (non-hydrogen) atoms. The number of methoxy groups -OCH3 is 1. The normalized spacial score (nSPS) is 19.9. The first-order valence-corrected chi connectivity index (χ1v) is 13.4. The molecular formula is C26H29F4N5O3S. The number of alkyl halides is 4. The lowest BCUT2D eigenvalue weighted by atomic mass is 10.0. The van der Waals surface area contributed by atoms with E-state index >= 15 is 0 Å². The molecule has 2 atom stereocenters. The second kappa shape index (κ2) is 11.3. The summed E-state index contributed by atoms with van der Waals surface area (Å²) in [5.74, 6) is 5.71. The van der Waals surface area contributed by atoms with E-state index in [1.807, 2.05) is 0 Å². The second-order valence-electron chi connectivity index (χ2n) is 9.03. The number of halogens is 4. The van der Waals surface area contributed by atoms with E-state index in [4.69, 9.17) is 14.0 Å². The summed E-state index contributed by atoms with van der Waals surface area (Å²) in [6.45, 7) is -3.89. The summed E-state index contributed by atoms with van der Waals surface area (Å²) < 4.78 is 107. The highest BCUT2D eigenvalue weighted by Crippen LogP contribution is 2.32. The summed E-state index contributed by atoms with van der Waals surface area (Å²) in [5.41, 5.74) is 1.12. The quantitative estimate of drug-likeness (QED) is 0.295. The lowest BCUT2D eigenvalue weighted by Gasteiger charge is -2.33. The molecule has 0 unspecified atom stereocenters. The zero-order chi connectivity index (χ0) is 30.9. The van der Waals surface area contributed by atoms with Gasteiger partial charge in [0.25, 0.3) is 0 Å². The van der Waals surface area contributed by atoms with Gasteiger partial charge in [-0.3, -0.25) is 0 Å². The van der Waals surface area contributed by atoms with Crippen molar-refractivity contribution in [3.63, 3.8) is 0 Å². The first-order valence-electron chi connectivity index (χ1n) is 13.3. The zero-order valence-corrected chi connectivity index (χ0v) is 21.7. The lowest BCUT2D eigenvalue weighted by molar-refractivity contribution is -0.140. The van der Waals surface area contributed by atoms with Gasteiger partial charge in [0.15, 0.2) is 0 Å². The maximum Gasteiger partial charge on any atom is 0.406 e. The van der Waals surface area contributed by atoms with Crippen LogP contribution in [-0.2, 0) is 16.6 Å². The molecule has 1 aliphatic heterocycles. The standard InChI is InChI=1S/C26H29F4N5O3S/c1-34-12-10-22(20(27)15-34)33-21-6-3-7-24-19(21)13-17(35(24)16-26(28,29)30)5-4-11-32-23-9-8-18(39(31,36)37)14-25(23)38-2/h3,6-9,13-14,20,22,32-33H,10-12,15-16H2,1-2H3,(H2,31,36,37)/t20-,22+/m0/s1/i1D3. The predicted molar refractivity (Wildman–Crippen MR) is 142 cm³/mol. The highest BCUT2D eigenvalue weighted by atomic mass is 32.2. The first kappa shape index (κ1) is 24.6. The summed E-state index contributed by atoms with van der Waals surface area (Å²) in [6, 6.07) is 9.39. The number of rotatable bonds is 7. The van der Waals surface area contributed by atoms with Crippen molar-refractivity contribution in [2.24, 2.45) is 5.14 Å². The highest BCUT2D eigenvalue weighted by Gasteiger charge is 2.31. The van der Waals surface area contributed by atoms with Gasteiger partial charge in [0.2, 0.25) is 10.0 Å². The average molecular weight is 571 g/mol. The summed E-state index contributed by atoms with van der Waals surface area (Å²) in [5, 5.41) is 11.5. The number of nitrogens with two attached hydrogens (primary N) is 1. The van der Waals surface area contributed by atoms with Crippen molar-refractivity contribution in [3.8, 4) is 17.6 Å². The number of hydrogen-bond donors (Lipinski definition) is 3. The fraction of sp³-hybridized carbons (Fsp3) is 0.385. The van der Waals surface area contributed by atoms with Crippen LogP contribution >= 0.6 is 0 Å². The summed E-state index contributed by atoms with van der Waals surface area (Å²) in [4.78, 5) is 0.932. The second-order valence-corrected chi connectivity index (χ2v) is 10.6. The van der Waals surface area contributed by atoms with Gasteiger partial charge in [0.1, 0.15) is 18.5 Å². The Bertz CT molecular complexity index is 1620. The van der Waals surface area contributed by atoms with E-state index < -0.39 is 41.9 Å². The maximum atomic E-state index is 14.9. The van der Waals surface area contributed by atoms with Crippen molar-refractivity contribution in [3.05, 3.63) is 48.2 Å². The van der Waals surface area contributed by atoms with Gasteiger partial charge in [-0.1, -0.05) is 12.0 Å². The molecule has 4 N–H and O–H groups in total. The van der Waals surface area contributed by atoms with Crippen molar-refractivity contribution in [2.45, 2.75) is 36.3 Å². The molecule has 3 aromatic rings. The molecule has 0 bridgehead atoms. The van der Waals surface area contributed by atoms with Crippen LogP contribution in [0.1, 0.15) is 16.2 Å². The fourth-order valence-corrected chi connectivity index (χ4v) is 4.93. The number of piperidine rings is 1. The molecule has 1 aliphatic rings. The number of anilines is 2. The Morgan fingerprint density at radius 1 is 1.23 bits per heavy atom. The number of hydrogen-bond acceptors (Lipinski definition) is 6. The van der Waals surface area contributed by atoms with E-state index in [1.54, 1.807) is 12.1 Å². The van der Waals surface area contributed by atoms with Crippen molar-refractivity contribution in [1.82, 2.24) is 9.47 Å². The van der Waals surface area contributed by atoms with E-state index in [2.05, 4.69) is 22.5 Å². The first-order chi connectivity index (χ1) is 19.6. The SMILES string of the molecule is [2H]C([2H])([2H])N1CC[C@@H](Nc2cccc3c2cc(C#CCNc2ccc(S(N)(=O)=O)cc2OC)n3CC(F)(F)F)[C@@H](F)C1. The average Bonchev–Trinajstić information content (AvgIpc) is 3.23. The van der Waals surface area contributed by atoms with Gasteiger partial charge in [0, 0.05) is 34.3 Å². The largest absolute Gasteiger partial charge is 0.495 e. The van der Waals surface area contributed by atoms with E-state index in [0.717, 1.165) is 9.47 Å². The van der Waals surface area contributed by atoms with Crippen LogP contribution < -0.4 is 20.5 Å². The molecule has 0 radical (unpaired) electrons. The minimum Gasteiger partial charge on any atom is -0.495 e. The molecule has 0 saturated carbocycles. The van der Waals surface area contributed by atoms with Crippen LogP contribution in [0.2, 0.25) is 0 Å². The van der Waals surface area contributed by atoms with Crippen LogP contribution in [0.25, 0.3) is 10.9 Å². The molecule has 2 heterocycles. The molecule has 1 saturated heterocycles. The Kier molecular flexibility index (Phi) is 7.14. The Morgan fingerprint density at radius 2 is 2.03 bits per heavy atom. The molecular weight excluding hydrogens is 538 g/mol. The predicted octanol–water partition coefficient (Wildman–Crippen LogP) is 3.78. The number of nitrogens with zero attached hydrogens (tertiary/aromatic N) is 2. The Hall–Kier alpha value is -3.47. The van der Waals surface area contributed by atoms with Crippen LogP contribution in [0.5, 0.6) is 5.75 Å². The molecule has 0 spiro atoms. The van der Waals surface area contributed by atoms with Gasteiger partial charge in [-0.05, 0) is 49.6 Å². The number of aromatic nitrogens is 1. The minimum absolute atomic E-state index is 0.0185. The number of fused-ring (bicyclic) bond motifs is 1. The smallest absolute Gasteiger partial charge is 0.406 e. The number of likely N-dealkylation sites (tertiary alicyclic amines) is 1. The zero-order valence-electron chi connectivity index (χ0n) is 23.8. The fourth-order valence-electron chi connectivity index (χ4n) is 4.40. The Balaban J connectivity index is 1.59. The van der Waals surface area contributed by atoms with Crippen LogP contribution in [0, 0.1) is 11.8 Å². The van der Waals surface area contributed by atoms with Crippen LogP contribution in [0.15, 0.2) is 47.4 Å². The van der Waals surface area contributed by atoms with Crippen LogP contribution in [0.3, 0.4) is 0 Å². The Morgan fingerprint density at radius 3 is 2.69 bits per heavy atom. The lowest BCUT2D eigenvalue weighted by Crippen LogP contribution is -2.46. The van der Waals surface area contributed by atoms with E-state index in [-0.39, 0.29) is 47.9 Å². The number of benzene rings is 2. The summed E-state index contributed by atoms with van der Waals surface area (Å²) >= 11 is 0. The number of sulfonamides is 1. The maximum absolute atomic E-state index is 14.9. The molecule has 8 nitrogen and oxygen atoms in total. The summed E-state index contributed by atoms with van der Waals surface area (Å²) in [7, 11) is -2.62. The topological polar surface area (TPSA) is 102 Å². The molecule has 0 amide bonds. The van der Waals surface area contributed by atoms with Crippen molar-refractivity contribution in [2.75, 3.05) is 44.4 Å². The summed E-state index contributed by atoms with van der Waals surface area (Å²) in [6.07, 6.45) is -5.86. The van der Waals surface area contributed by atoms with Gasteiger partial charge >= 0.3 is 6.18 Å². The number of primary sulfonamides is 1. The van der Waals surface area contributed by atoms with E-state index in [9.17, 15) is 26.0 Å². The molecule has 0 aliphatic carbocycles. The van der Waals surface area contributed by atoms with Crippen molar-refractivity contribution in [1.29, 1.82) is 0 Å². The van der Waals surface area contributed by atoms with Gasteiger partial charge < -0.3 is 24.8 Å². The molecule has 210 valence electrons. The number of ether oxygens (including phenoxy) is 1. The highest BCUT2D eigenvalue weighted by molar-refractivity contribution is 7.89. The van der Waals surface area contributed by atoms with Crippen molar-refractivity contribution < 1.29 is 34.8 Å². The van der Waals surface area contributed by atoms with E-state index in [0.29, 0.717) is 16.8 Å². The van der Waals surface area contributed by atoms with Crippen molar-refractivity contribution >= 4 is 32.3 Å². The van der Waals surface area contributed by atoms with Crippen LogP contribution in [-0.4, -0.2) is 70.0 Å². The third-order valence-corrected chi connectivity index (χ3v) is 7.16. The Labute approximate surface area is 228 Å². The van der Waals surface area contributed by atoms with Gasteiger partial charge in [0.05, 0.1) is 41.5 Å². The molecule has 2 aromatic carbocycles. The third-order valence-electron chi connectivity index (χ3n) is 6.25. The molecule has 13 heteroatoms. The third kappa shape index (κ3) is 6.95. The van der Waals surface area contributed by atoms with Gasteiger partial charge in [-0.2, -0.15) is 13.2 Å². The monoisotopic (exact) mass is 570 g/mol. The molecule has 4 rings (SSSR count). The van der Waals surface area contributed by atoms with Crippen LogP contribution in [0.4, 0.5) is 28.9 Å². The number of nitrogens with one attached hydrogen (secondary N) is 2. The van der Waals surface area contributed by atoms with E-state index in [1.165, 1.54) is 37.4 Å². The molecule has 1 aromatic heterocycles. The minimum atomic E-state index is -4.55. The van der Waals surface area contributed by atoms with Gasteiger partial charge in [-0.15, -0.1) is 0 Å².